The number of carbonyl (C=O) groups excluding carboxylic acids is 1. The molecule has 1 fully saturated rings. The van der Waals surface area contributed by atoms with E-state index >= 15 is 0 Å². The first-order valence-electron chi connectivity index (χ1n) is 9.13. The SMILES string of the molecule is CC1CCN(CCCCNC(=O)NCC2CC=CCC2)CC1. The second kappa shape index (κ2) is 9.88. The highest BCUT2D eigenvalue weighted by Crippen LogP contribution is 2.17. The molecule has 1 aliphatic carbocycles. The summed E-state index contributed by atoms with van der Waals surface area (Å²) in [5.41, 5.74) is 0. The molecule has 0 spiro atoms. The minimum atomic E-state index is 0.00125. The zero-order valence-electron chi connectivity index (χ0n) is 14.2. The fraction of sp³-hybridized carbons (Fsp3) is 0.833. The van der Waals surface area contributed by atoms with Gasteiger partial charge in [0.2, 0.25) is 0 Å². The average molecular weight is 307 g/mol. The molecule has 0 aromatic carbocycles. The van der Waals surface area contributed by atoms with E-state index in [4.69, 9.17) is 0 Å². The lowest BCUT2D eigenvalue weighted by atomic mass is 9.94. The van der Waals surface area contributed by atoms with Crippen LogP contribution in [0.15, 0.2) is 12.2 Å². The van der Waals surface area contributed by atoms with Crippen molar-refractivity contribution >= 4 is 6.03 Å². The van der Waals surface area contributed by atoms with Crippen molar-refractivity contribution in [2.75, 3.05) is 32.7 Å². The number of nitrogens with zero attached hydrogens (tertiary/aromatic N) is 1. The minimum Gasteiger partial charge on any atom is -0.338 e. The minimum absolute atomic E-state index is 0.00125. The average Bonchev–Trinajstić information content (AvgIpc) is 2.55. The van der Waals surface area contributed by atoms with E-state index in [0.717, 1.165) is 38.3 Å². The van der Waals surface area contributed by atoms with Crippen LogP contribution >= 0.6 is 0 Å². The van der Waals surface area contributed by atoms with Gasteiger partial charge in [-0.15, -0.1) is 0 Å². The van der Waals surface area contributed by atoms with Crippen molar-refractivity contribution in [3.8, 4) is 0 Å². The molecule has 0 saturated carbocycles. The molecule has 0 aromatic heterocycles. The summed E-state index contributed by atoms with van der Waals surface area (Å²) in [6.07, 6.45) is 12.9. The molecule has 4 heteroatoms. The fourth-order valence-corrected chi connectivity index (χ4v) is 3.29. The van der Waals surface area contributed by atoms with Crippen molar-refractivity contribution in [2.45, 2.75) is 51.9 Å². The molecule has 1 heterocycles. The Bertz CT molecular complexity index is 348. The molecule has 2 N–H and O–H groups in total. The number of hydrogen-bond donors (Lipinski definition) is 2. The van der Waals surface area contributed by atoms with Crippen LogP contribution in [-0.4, -0.2) is 43.7 Å². The van der Waals surface area contributed by atoms with Crippen LogP contribution in [0, 0.1) is 11.8 Å². The summed E-state index contributed by atoms with van der Waals surface area (Å²) in [7, 11) is 0. The van der Waals surface area contributed by atoms with Crippen LogP contribution in [0.25, 0.3) is 0 Å². The summed E-state index contributed by atoms with van der Waals surface area (Å²) < 4.78 is 0. The Morgan fingerprint density at radius 1 is 1.14 bits per heavy atom. The number of piperidine rings is 1. The normalized spacial score (nSPS) is 23.4. The highest BCUT2D eigenvalue weighted by atomic mass is 16.2. The van der Waals surface area contributed by atoms with Crippen molar-refractivity contribution in [1.82, 2.24) is 15.5 Å². The standard InChI is InChI=1S/C18H33N3O/c1-16-9-13-21(14-10-16)12-6-5-11-19-18(22)20-15-17-7-3-2-4-8-17/h2-3,16-17H,4-15H2,1H3,(H2,19,20,22). The Balaban J connectivity index is 1.42. The van der Waals surface area contributed by atoms with Crippen LogP contribution in [0.5, 0.6) is 0 Å². The molecule has 0 aromatic rings. The summed E-state index contributed by atoms with van der Waals surface area (Å²) in [5, 5.41) is 5.98. The predicted octanol–water partition coefficient (Wildman–Crippen LogP) is 3.15. The van der Waals surface area contributed by atoms with Gasteiger partial charge in [0, 0.05) is 13.1 Å². The number of carbonyl (C=O) groups is 1. The second-order valence-electron chi connectivity index (χ2n) is 7.02. The molecule has 0 bridgehead atoms. The van der Waals surface area contributed by atoms with E-state index in [1.54, 1.807) is 0 Å². The first kappa shape index (κ1) is 17.3. The zero-order valence-corrected chi connectivity index (χ0v) is 14.2. The number of urea groups is 1. The van der Waals surface area contributed by atoms with Gasteiger partial charge in [0.15, 0.2) is 0 Å². The molecular weight excluding hydrogens is 274 g/mol. The van der Waals surface area contributed by atoms with Crippen LogP contribution in [0.2, 0.25) is 0 Å². The van der Waals surface area contributed by atoms with E-state index in [1.165, 1.54) is 45.3 Å². The van der Waals surface area contributed by atoms with Crippen LogP contribution < -0.4 is 10.6 Å². The van der Waals surface area contributed by atoms with Gasteiger partial charge in [0.25, 0.3) is 0 Å². The zero-order chi connectivity index (χ0) is 15.6. The van der Waals surface area contributed by atoms with Gasteiger partial charge < -0.3 is 15.5 Å². The first-order chi connectivity index (χ1) is 10.7. The van der Waals surface area contributed by atoms with E-state index in [9.17, 15) is 4.79 Å². The Hall–Kier alpha value is -1.03. The molecule has 1 saturated heterocycles. The van der Waals surface area contributed by atoms with Gasteiger partial charge in [-0.2, -0.15) is 0 Å². The molecule has 22 heavy (non-hydrogen) atoms. The third kappa shape index (κ3) is 6.82. The van der Waals surface area contributed by atoms with Gasteiger partial charge >= 0.3 is 6.03 Å². The van der Waals surface area contributed by atoms with Gasteiger partial charge in [-0.1, -0.05) is 19.1 Å². The molecule has 2 aliphatic rings. The number of rotatable bonds is 7. The summed E-state index contributed by atoms with van der Waals surface area (Å²) in [4.78, 5) is 14.3. The lowest BCUT2D eigenvalue weighted by molar-refractivity contribution is 0.189. The molecule has 126 valence electrons. The Morgan fingerprint density at radius 2 is 1.95 bits per heavy atom. The molecule has 1 unspecified atom stereocenters. The van der Waals surface area contributed by atoms with Crippen molar-refractivity contribution < 1.29 is 4.79 Å². The van der Waals surface area contributed by atoms with Crippen LogP contribution in [-0.2, 0) is 0 Å². The van der Waals surface area contributed by atoms with Gasteiger partial charge in [-0.3, -0.25) is 0 Å². The number of amides is 2. The van der Waals surface area contributed by atoms with Crippen LogP contribution in [0.4, 0.5) is 4.79 Å². The summed E-state index contributed by atoms with van der Waals surface area (Å²) in [6.45, 7) is 7.65. The van der Waals surface area contributed by atoms with Gasteiger partial charge in [-0.05, 0) is 76.4 Å². The number of nitrogens with one attached hydrogen (secondary N) is 2. The molecule has 4 nitrogen and oxygen atoms in total. The second-order valence-corrected chi connectivity index (χ2v) is 7.02. The van der Waals surface area contributed by atoms with E-state index in [1.807, 2.05) is 0 Å². The van der Waals surface area contributed by atoms with Crippen molar-refractivity contribution in [3.05, 3.63) is 12.2 Å². The molecule has 1 aliphatic heterocycles. The maximum absolute atomic E-state index is 11.7. The Labute approximate surface area is 135 Å². The molecule has 0 radical (unpaired) electrons. The third-order valence-electron chi connectivity index (χ3n) is 4.99. The maximum atomic E-state index is 11.7. The number of allylic oxidation sites excluding steroid dienone is 2. The molecule has 2 rings (SSSR count). The van der Waals surface area contributed by atoms with Gasteiger partial charge in [0.05, 0.1) is 0 Å². The van der Waals surface area contributed by atoms with E-state index in [-0.39, 0.29) is 6.03 Å². The smallest absolute Gasteiger partial charge is 0.314 e. The summed E-state index contributed by atoms with van der Waals surface area (Å²) in [5.74, 6) is 1.53. The van der Waals surface area contributed by atoms with Crippen molar-refractivity contribution in [3.63, 3.8) is 0 Å². The van der Waals surface area contributed by atoms with E-state index in [2.05, 4.69) is 34.6 Å². The summed E-state index contributed by atoms with van der Waals surface area (Å²) >= 11 is 0. The number of unbranched alkanes of at least 4 members (excludes halogenated alkanes) is 1. The lowest BCUT2D eigenvalue weighted by Crippen LogP contribution is -2.39. The first-order valence-corrected chi connectivity index (χ1v) is 9.13. The van der Waals surface area contributed by atoms with E-state index in [0.29, 0.717) is 5.92 Å². The highest BCUT2D eigenvalue weighted by Gasteiger charge is 2.14. The Morgan fingerprint density at radius 3 is 2.68 bits per heavy atom. The maximum Gasteiger partial charge on any atom is 0.314 e. The van der Waals surface area contributed by atoms with Gasteiger partial charge in [0.1, 0.15) is 0 Å². The fourth-order valence-electron chi connectivity index (χ4n) is 3.29. The Kier molecular flexibility index (Phi) is 7.78. The quantitative estimate of drug-likeness (QED) is 0.560. The largest absolute Gasteiger partial charge is 0.338 e. The van der Waals surface area contributed by atoms with Gasteiger partial charge in [-0.25, -0.2) is 4.79 Å². The number of hydrogen-bond acceptors (Lipinski definition) is 2. The van der Waals surface area contributed by atoms with Crippen LogP contribution in [0.1, 0.15) is 51.9 Å². The molecule has 1 atom stereocenters. The van der Waals surface area contributed by atoms with E-state index < -0.39 is 0 Å². The predicted molar refractivity (Wildman–Crippen MR) is 92.0 cm³/mol. The molecular formula is C18H33N3O. The third-order valence-corrected chi connectivity index (χ3v) is 4.99. The van der Waals surface area contributed by atoms with Crippen molar-refractivity contribution in [2.24, 2.45) is 11.8 Å². The topological polar surface area (TPSA) is 44.4 Å². The van der Waals surface area contributed by atoms with Crippen molar-refractivity contribution in [1.29, 1.82) is 0 Å². The summed E-state index contributed by atoms with van der Waals surface area (Å²) in [6, 6.07) is 0.00125. The molecule has 2 amide bonds. The highest BCUT2D eigenvalue weighted by molar-refractivity contribution is 5.73. The lowest BCUT2D eigenvalue weighted by Gasteiger charge is -2.30. The monoisotopic (exact) mass is 307 g/mol. The number of likely N-dealkylation sites (tertiary alicyclic amines) is 1. The van der Waals surface area contributed by atoms with Crippen LogP contribution in [0.3, 0.4) is 0 Å².